The Morgan fingerprint density at radius 2 is 1.78 bits per heavy atom. The summed E-state index contributed by atoms with van der Waals surface area (Å²) in [4.78, 5) is 28.9. The average molecular weight is 520 g/mol. The molecule has 0 spiro atoms. The molecule has 1 aromatic carbocycles. The number of aliphatic hydroxyl groups is 1. The normalized spacial score (nSPS) is 23.5. The quantitative estimate of drug-likeness (QED) is 0.633. The van der Waals surface area contributed by atoms with Crippen molar-refractivity contribution in [3.8, 4) is 5.69 Å². The van der Waals surface area contributed by atoms with Crippen molar-refractivity contribution < 1.29 is 27.9 Å². The highest BCUT2D eigenvalue weighted by atomic mass is 19.4. The summed E-state index contributed by atoms with van der Waals surface area (Å²) in [6.45, 7) is 4.87. The van der Waals surface area contributed by atoms with Crippen LogP contribution in [0, 0.1) is 6.92 Å². The smallest absolute Gasteiger partial charge is 0.376 e. The maximum absolute atomic E-state index is 13.7. The highest BCUT2D eigenvalue weighted by molar-refractivity contribution is 5.97. The summed E-state index contributed by atoms with van der Waals surface area (Å²) in [6.07, 6.45) is -1.41. The third-order valence-corrected chi connectivity index (χ3v) is 7.70. The highest BCUT2D eigenvalue weighted by Gasteiger charge is 2.41. The Morgan fingerprint density at radius 1 is 1.08 bits per heavy atom. The van der Waals surface area contributed by atoms with Gasteiger partial charge in [-0.2, -0.15) is 18.3 Å². The van der Waals surface area contributed by atoms with Crippen molar-refractivity contribution in [3.05, 3.63) is 46.8 Å². The number of nitrogens with zero attached hydrogens (tertiary/aromatic N) is 4. The van der Waals surface area contributed by atoms with E-state index in [1.807, 2.05) is 4.90 Å². The zero-order valence-electron chi connectivity index (χ0n) is 21.0. The van der Waals surface area contributed by atoms with E-state index in [0.29, 0.717) is 61.5 Å². The third kappa shape index (κ3) is 5.11. The molecule has 2 saturated heterocycles. The number of carbonyl (C=O) groups is 2. The van der Waals surface area contributed by atoms with E-state index in [1.54, 1.807) is 17.9 Å². The number of likely N-dealkylation sites (tertiary alicyclic amines) is 2. The number of nitrogens with one attached hydrogen (secondary N) is 1. The van der Waals surface area contributed by atoms with Gasteiger partial charge in [-0.25, -0.2) is 4.68 Å². The van der Waals surface area contributed by atoms with Crippen molar-refractivity contribution >= 4 is 11.8 Å². The number of hydrogen-bond acceptors (Lipinski definition) is 5. The molecule has 2 aliphatic heterocycles. The summed E-state index contributed by atoms with van der Waals surface area (Å²) >= 11 is 0. The van der Waals surface area contributed by atoms with E-state index in [9.17, 15) is 27.9 Å². The van der Waals surface area contributed by atoms with Gasteiger partial charge in [0, 0.05) is 38.5 Å². The second-order valence-corrected chi connectivity index (χ2v) is 10.4. The first kappa shape index (κ1) is 25.7. The summed E-state index contributed by atoms with van der Waals surface area (Å²) in [5.74, 6) is -0.217. The number of aryl methyl sites for hydroxylation is 1. The number of piperidine rings is 1. The lowest BCUT2D eigenvalue weighted by Gasteiger charge is -2.38. The average Bonchev–Trinajstić information content (AvgIpc) is 3.55. The minimum absolute atomic E-state index is 0.0951. The lowest BCUT2D eigenvalue weighted by Crippen LogP contribution is -2.51. The molecule has 11 heteroatoms. The first-order valence-electron chi connectivity index (χ1n) is 12.8. The molecule has 3 heterocycles. The Bertz CT molecular complexity index is 1180. The van der Waals surface area contributed by atoms with Crippen molar-refractivity contribution in [2.24, 2.45) is 0 Å². The molecule has 2 amide bonds. The van der Waals surface area contributed by atoms with Gasteiger partial charge in [-0.05, 0) is 57.2 Å². The molecule has 37 heavy (non-hydrogen) atoms. The zero-order valence-corrected chi connectivity index (χ0v) is 21.0. The van der Waals surface area contributed by atoms with Gasteiger partial charge in [0.25, 0.3) is 5.91 Å². The van der Waals surface area contributed by atoms with Crippen LogP contribution in [0.1, 0.15) is 72.3 Å². The topological polar surface area (TPSA) is 90.7 Å². The van der Waals surface area contributed by atoms with E-state index in [-0.39, 0.29) is 29.8 Å². The van der Waals surface area contributed by atoms with Crippen LogP contribution < -0.4 is 5.32 Å². The van der Waals surface area contributed by atoms with E-state index in [1.165, 1.54) is 17.7 Å². The van der Waals surface area contributed by atoms with Gasteiger partial charge in [-0.15, -0.1) is 0 Å². The monoisotopic (exact) mass is 519 g/mol. The number of rotatable bonds is 5. The number of halogens is 3. The predicted octanol–water partition coefficient (Wildman–Crippen LogP) is 3.21. The van der Waals surface area contributed by atoms with Crippen molar-refractivity contribution in [1.82, 2.24) is 24.9 Å². The maximum atomic E-state index is 13.7. The van der Waals surface area contributed by atoms with Crippen molar-refractivity contribution in [3.63, 3.8) is 0 Å². The van der Waals surface area contributed by atoms with Crippen LogP contribution in [-0.4, -0.2) is 74.4 Å². The van der Waals surface area contributed by atoms with Crippen LogP contribution >= 0.6 is 0 Å². The number of carbonyl (C=O) groups excluding carboxylic acids is 2. The van der Waals surface area contributed by atoms with Crippen LogP contribution in [0.3, 0.4) is 0 Å². The fourth-order valence-electron chi connectivity index (χ4n) is 5.72. The van der Waals surface area contributed by atoms with Crippen LogP contribution in [0.4, 0.5) is 13.2 Å². The second kappa shape index (κ2) is 9.75. The van der Waals surface area contributed by atoms with Crippen LogP contribution in [0.25, 0.3) is 5.69 Å². The van der Waals surface area contributed by atoms with Gasteiger partial charge in [0.15, 0.2) is 0 Å². The van der Waals surface area contributed by atoms with Crippen LogP contribution in [0.5, 0.6) is 0 Å². The number of aliphatic hydroxyl groups excluding tert-OH is 1. The molecule has 0 bridgehead atoms. The SMILES string of the molecule is CC(=O)N[C@@H]1CCN(C2CCN(C(=O)c3c(C)nn(-c4cccc(C(F)(F)F)c4)c3C3CC3)CC2)C1O. The number of aromatic nitrogens is 2. The summed E-state index contributed by atoms with van der Waals surface area (Å²) in [6, 6.07) is 4.87. The molecule has 1 aliphatic carbocycles. The molecule has 200 valence electrons. The Balaban J connectivity index is 1.33. The van der Waals surface area contributed by atoms with Gasteiger partial charge in [-0.1, -0.05) is 6.07 Å². The maximum Gasteiger partial charge on any atom is 0.416 e. The van der Waals surface area contributed by atoms with E-state index < -0.39 is 18.0 Å². The molecule has 3 fully saturated rings. The molecule has 1 aromatic heterocycles. The lowest BCUT2D eigenvalue weighted by molar-refractivity contribution is -0.137. The molecule has 2 atom stereocenters. The Hall–Kier alpha value is -2.92. The Kier molecular flexibility index (Phi) is 6.78. The summed E-state index contributed by atoms with van der Waals surface area (Å²) < 4.78 is 41.5. The summed E-state index contributed by atoms with van der Waals surface area (Å²) in [7, 11) is 0. The predicted molar refractivity (Wildman–Crippen MR) is 129 cm³/mol. The fourth-order valence-corrected chi connectivity index (χ4v) is 5.72. The Labute approximate surface area is 213 Å². The lowest BCUT2D eigenvalue weighted by atomic mass is 10.0. The van der Waals surface area contributed by atoms with E-state index >= 15 is 0 Å². The highest BCUT2D eigenvalue weighted by Crippen LogP contribution is 2.44. The van der Waals surface area contributed by atoms with Crippen LogP contribution in [0.2, 0.25) is 0 Å². The van der Waals surface area contributed by atoms with Gasteiger partial charge in [-0.3, -0.25) is 14.5 Å². The van der Waals surface area contributed by atoms with E-state index in [2.05, 4.69) is 10.4 Å². The van der Waals surface area contributed by atoms with Crippen molar-refractivity contribution in [1.29, 1.82) is 0 Å². The zero-order chi connectivity index (χ0) is 26.5. The molecule has 5 rings (SSSR count). The molecule has 0 radical (unpaired) electrons. The molecule has 1 unspecified atom stereocenters. The number of alkyl halides is 3. The standard InChI is InChI=1S/C26H32F3N5O3/c1-15-22(23(17-6-7-17)34(31-15)20-5-3-4-18(14-20)26(27,28)29)25(37)32-11-8-19(9-12-32)33-13-10-21(24(33)36)30-16(2)35/h3-5,14,17,19,21,24,36H,6-13H2,1-2H3,(H,30,35)/t21-,24?/m1/s1. The first-order chi connectivity index (χ1) is 17.5. The molecule has 3 aliphatic rings. The summed E-state index contributed by atoms with van der Waals surface area (Å²) in [5.41, 5.74) is 1.25. The van der Waals surface area contributed by atoms with Gasteiger partial charge in [0.2, 0.25) is 5.91 Å². The first-order valence-corrected chi connectivity index (χ1v) is 12.8. The van der Waals surface area contributed by atoms with E-state index in [0.717, 1.165) is 25.0 Å². The van der Waals surface area contributed by atoms with E-state index in [4.69, 9.17) is 0 Å². The van der Waals surface area contributed by atoms with Crippen molar-refractivity contribution in [2.75, 3.05) is 19.6 Å². The molecule has 2 N–H and O–H groups in total. The molecule has 8 nitrogen and oxygen atoms in total. The van der Waals surface area contributed by atoms with Gasteiger partial charge < -0.3 is 15.3 Å². The molecular weight excluding hydrogens is 487 g/mol. The molecular formula is C26H32F3N5O3. The van der Waals surface area contributed by atoms with Crippen LogP contribution in [0.15, 0.2) is 24.3 Å². The molecule has 2 aromatic rings. The van der Waals surface area contributed by atoms with Gasteiger partial charge in [0.1, 0.15) is 6.23 Å². The number of hydrogen-bond donors (Lipinski definition) is 2. The number of benzene rings is 1. The van der Waals surface area contributed by atoms with Gasteiger partial charge in [0.05, 0.1) is 34.2 Å². The largest absolute Gasteiger partial charge is 0.416 e. The minimum atomic E-state index is -4.47. The minimum Gasteiger partial charge on any atom is -0.376 e. The van der Waals surface area contributed by atoms with Gasteiger partial charge >= 0.3 is 6.18 Å². The number of amides is 2. The second-order valence-electron chi connectivity index (χ2n) is 10.4. The van der Waals surface area contributed by atoms with Crippen LogP contribution in [-0.2, 0) is 11.0 Å². The Morgan fingerprint density at radius 3 is 2.41 bits per heavy atom. The van der Waals surface area contributed by atoms with Crippen molar-refractivity contribution in [2.45, 2.75) is 76.4 Å². The fraction of sp³-hybridized carbons (Fsp3) is 0.577. The molecule has 1 saturated carbocycles. The summed E-state index contributed by atoms with van der Waals surface area (Å²) in [5, 5.41) is 18.0. The third-order valence-electron chi connectivity index (χ3n) is 7.70.